The molecule has 4 heteroatoms. The van der Waals surface area contributed by atoms with Crippen LogP contribution in [0.2, 0.25) is 0 Å². The second-order valence-corrected chi connectivity index (χ2v) is 4.79. The fourth-order valence-electron chi connectivity index (χ4n) is 2.63. The van der Waals surface area contributed by atoms with Crippen LogP contribution in [-0.4, -0.2) is 40.4 Å². The molecule has 0 bridgehead atoms. The number of hydrogen-bond acceptors (Lipinski definition) is 3. The van der Waals surface area contributed by atoms with Gasteiger partial charge < -0.3 is 10.0 Å². The summed E-state index contributed by atoms with van der Waals surface area (Å²) in [7, 11) is 0. The predicted molar refractivity (Wildman–Crippen MR) is 58.0 cm³/mol. The van der Waals surface area contributed by atoms with Crippen molar-refractivity contribution in [1.29, 1.82) is 0 Å². The van der Waals surface area contributed by atoms with E-state index in [1.54, 1.807) is 0 Å². The number of carboxylic acid groups (broad SMARTS) is 1. The van der Waals surface area contributed by atoms with Crippen molar-refractivity contribution in [3.8, 4) is 0 Å². The maximum atomic E-state index is 10.9. The third-order valence-electron chi connectivity index (χ3n) is 3.50. The topological polar surface area (TPSA) is 52.9 Å². The molecule has 1 saturated carbocycles. The van der Waals surface area contributed by atoms with Crippen LogP contribution in [0.15, 0.2) is 4.99 Å². The molecule has 0 aromatic carbocycles. The summed E-state index contributed by atoms with van der Waals surface area (Å²) in [4.78, 5) is 17.6. The van der Waals surface area contributed by atoms with Crippen molar-refractivity contribution in [3.05, 3.63) is 0 Å². The summed E-state index contributed by atoms with van der Waals surface area (Å²) in [5.74, 6) is -0.845. The van der Waals surface area contributed by atoms with Crippen LogP contribution in [0.4, 0.5) is 0 Å². The Morgan fingerprint density at radius 2 is 2.27 bits per heavy atom. The average Bonchev–Trinajstić information content (AvgIpc) is 2.59. The number of carbonyl (C=O) groups is 1. The lowest BCUT2D eigenvalue weighted by Crippen LogP contribution is -2.44. The average molecular weight is 210 g/mol. The van der Waals surface area contributed by atoms with Crippen molar-refractivity contribution in [2.24, 2.45) is 10.9 Å². The van der Waals surface area contributed by atoms with Gasteiger partial charge in [0.25, 0.3) is 0 Å². The standard InChI is InChI=1S/C11H18N2O2/c1-7(2)13-6-12-9-5-8(11(14)15)3-4-10(9)13/h6-10H,3-5H2,1-2H3,(H,14,15). The lowest BCUT2D eigenvalue weighted by Gasteiger charge is -2.35. The molecule has 0 amide bonds. The zero-order valence-electron chi connectivity index (χ0n) is 9.26. The highest BCUT2D eigenvalue weighted by molar-refractivity contribution is 5.70. The first-order chi connectivity index (χ1) is 7.09. The van der Waals surface area contributed by atoms with Gasteiger partial charge in [-0.1, -0.05) is 0 Å². The molecule has 4 nitrogen and oxygen atoms in total. The van der Waals surface area contributed by atoms with E-state index in [0.29, 0.717) is 18.5 Å². The maximum Gasteiger partial charge on any atom is 0.306 e. The minimum atomic E-state index is -0.661. The van der Waals surface area contributed by atoms with Gasteiger partial charge in [0.2, 0.25) is 0 Å². The molecule has 0 radical (unpaired) electrons. The second-order valence-electron chi connectivity index (χ2n) is 4.79. The summed E-state index contributed by atoms with van der Waals surface area (Å²) < 4.78 is 0. The third-order valence-corrected chi connectivity index (χ3v) is 3.50. The molecule has 1 fully saturated rings. The molecule has 84 valence electrons. The molecule has 0 saturated heterocycles. The zero-order valence-corrected chi connectivity index (χ0v) is 9.26. The lowest BCUT2D eigenvalue weighted by molar-refractivity contribution is -0.143. The van der Waals surface area contributed by atoms with Gasteiger partial charge in [-0.3, -0.25) is 9.79 Å². The van der Waals surface area contributed by atoms with E-state index < -0.39 is 5.97 Å². The van der Waals surface area contributed by atoms with Gasteiger partial charge in [-0.25, -0.2) is 0 Å². The minimum Gasteiger partial charge on any atom is -0.481 e. The fraction of sp³-hybridized carbons (Fsp3) is 0.818. The molecule has 2 aliphatic rings. The maximum absolute atomic E-state index is 10.9. The van der Waals surface area contributed by atoms with Gasteiger partial charge in [0.15, 0.2) is 0 Å². The monoisotopic (exact) mass is 210 g/mol. The highest BCUT2D eigenvalue weighted by Gasteiger charge is 2.39. The van der Waals surface area contributed by atoms with Gasteiger partial charge in [0, 0.05) is 6.04 Å². The van der Waals surface area contributed by atoms with E-state index in [-0.39, 0.29) is 12.0 Å². The van der Waals surface area contributed by atoms with E-state index in [9.17, 15) is 4.79 Å². The number of rotatable bonds is 2. The van der Waals surface area contributed by atoms with Crippen LogP contribution in [0.3, 0.4) is 0 Å². The molecule has 1 heterocycles. The molecular formula is C11H18N2O2. The van der Waals surface area contributed by atoms with E-state index in [0.717, 1.165) is 12.8 Å². The normalized spacial score (nSPS) is 34.6. The molecule has 2 rings (SSSR count). The number of nitrogens with zero attached hydrogens (tertiary/aromatic N) is 2. The molecule has 0 spiro atoms. The van der Waals surface area contributed by atoms with Crippen LogP contribution in [-0.2, 0) is 4.79 Å². The molecule has 1 aliphatic heterocycles. The highest BCUT2D eigenvalue weighted by Crippen LogP contribution is 2.33. The Kier molecular flexibility index (Phi) is 2.67. The SMILES string of the molecule is CC(C)N1C=NC2CC(C(=O)O)CCC21. The molecule has 3 atom stereocenters. The molecule has 1 N–H and O–H groups in total. The van der Waals surface area contributed by atoms with Gasteiger partial charge in [-0.05, 0) is 33.1 Å². The van der Waals surface area contributed by atoms with Gasteiger partial charge in [-0.15, -0.1) is 0 Å². The number of hydrogen-bond donors (Lipinski definition) is 1. The van der Waals surface area contributed by atoms with E-state index in [1.807, 2.05) is 6.34 Å². The number of carboxylic acids is 1. The first kappa shape index (κ1) is 10.5. The smallest absolute Gasteiger partial charge is 0.306 e. The Labute approximate surface area is 90.0 Å². The van der Waals surface area contributed by atoms with E-state index >= 15 is 0 Å². The predicted octanol–water partition coefficient (Wildman–Crippen LogP) is 1.36. The van der Waals surface area contributed by atoms with Gasteiger partial charge in [-0.2, -0.15) is 0 Å². The van der Waals surface area contributed by atoms with Crippen LogP contribution < -0.4 is 0 Å². The summed E-state index contributed by atoms with van der Waals surface area (Å²) in [6.07, 6.45) is 4.37. The van der Waals surface area contributed by atoms with Crippen molar-refractivity contribution < 1.29 is 9.90 Å². The number of fused-ring (bicyclic) bond motifs is 1. The van der Waals surface area contributed by atoms with Gasteiger partial charge in [0.05, 0.1) is 24.3 Å². The van der Waals surface area contributed by atoms with Crippen LogP contribution >= 0.6 is 0 Å². The summed E-state index contributed by atoms with van der Waals surface area (Å²) in [5, 5.41) is 8.97. The summed E-state index contributed by atoms with van der Waals surface area (Å²) in [6, 6.07) is 1.12. The Hall–Kier alpha value is -1.06. The van der Waals surface area contributed by atoms with Crippen molar-refractivity contribution in [3.63, 3.8) is 0 Å². The molecule has 1 aliphatic carbocycles. The van der Waals surface area contributed by atoms with Crippen LogP contribution in [0.1, 0.15) is 33.1 Å². The summed E-state index contributed by atoms with van der Waals surface area (Å²) in [6.45, 7) is 4.30. The first-order valence-electron chi connectivity index (χ1n) is 5.63. The van der Waals surface area contributed by atoms with Gasteiger partial charge in [0.1, 0.15) is 0 Å². The van der Waals surface area contributed by atoms with Crippen molar-refractivity contribution in [1.82, 2.24) is 4.90 Å². The van der Waals surface area contributed by atoms with E-state index in [4.69, 9.17) is 5.11 Å². The van der Waals surface area contributed by atoms with Crippen LogP contribution in [0, 0.1) is 5.92 Å². The first-order valence-corrected chi connectivity index (χ1v) is 5.63. The van der Waals surface area contributed by atoms with Gasteiger partial charge >= 0.3 is 5.97 Å². The summed E-state index contributed by atoms with van der Waals surface area (Å²) in [5.41, 5.74) is 0. The highest BCUT2D eigenvalue weighted by atomic mass is 16.4. The Morgan fingerprint density at radius 1 is 1.53 bits per heavy atom. The van der Waals surface area contributed by atoms with E-state index in [2.05, 4.69) is 23.7 Å². The lowest BCUT2D eigenvalue weighted by atomic mass is 9.82. The fourth-order valence-corrected chi connectivity index (χ4v) is 2.63. The van der Waals surface area contributed by atoms with Crippen LogP contribution in [0.5, 0.6) is 0 Å². The quantitative estimate of drug-likeness (QED) is 0.748. The van der Waals surface area contributed by atoms with Crippen molar-refractivity contribution >= 4 is 12.3 Å². The molecule has 15 heavy (non-hydrogen) atoms. The van der Waals surface area contributed by atoms with Crippen LogP contribution in [0.25, 0.3) is 0 Å². The second kappa shape index (κ2) is 3.83. The Balaban J connectivity index is 2.02. The molecular weight excluding hydrogens is 192 g/mol. The third kappa shape index (κ3) is 1.85. The molecule has 0 aromatic heterocycles. The van der Waals surface area contributed by atoms with E-state index in [1.165, 1.54) is 0 Å². The number of aliphatic imine (C=N–C) groups is 1. The van der Waals surface area contributed by atoms with Crippen molar-refractivity contribution in [2.75, 3.05) is 0 Å². The Morgan fingerprint density at radius 3 is 2.87 bits per heavy atom. The minimum absolute atomic E-state index is 0.185. The number of aliphatic carboxylic acids is 1. The molecule has 0 aromatic rings. The molecule has 3 unspecified atom stereocenters. The largest absolute Gasteiger partial charge is 0.481 e. The van der Waals surface area contributed by atoms with Crippen molar-refractivity contribution in [2.45, 2.75) is 51.2 Å². The Bertz CT molecular complexity index is 288. The summed E-state index contributed by atoms with van der Waals surface area (Å²) >= 11 is 0. The zero-order chi connectivity index (χ0) is 11.0.